The van der Waals surface area contributed by atoms with E-state index in [1.807, 2.05) is 24.1 Å². The minimum atomic E-state index is -0.0410. The maximum Gasteiger partial charge on any atom is 0.254 e. The van der Waals surface area contributed by atoms with E-state index in [1.165, 1.54) is 5.56 Å². The molecule has 1 aliphatic rings. The molecule has 1 amide bonds. The molecule has 1 aliphatic heterocycles. The number of hydrogen-bond donors (Lipinski definition) is 0. The normalized spacial score (nSPS) is 17.2. The average Bonchev–Trinajstić information content (AvgIpc) is 2.72. The molecule has 1 saturated heterocycles. The lowest BCUT2D eigenvalue weighted by molar-refractivity contribution is 0.0475. The number of halogens is 1. The molecule has 3 rings (SSSR count). The first kappa shape index (κ1) is 21.4. The van der Waals surface area contributed by atoms with Crippen molar-refractivity contribution < 1.29 is 14.3 Å². The predicted octanol–water partition coefficient (Wildman–Crippen LogP) is 3.88. The summed E-state index contributed by atoms with van der Waals surface area (Å²) in [4.78, 5) is 21.6. The van der Waals surface area contributed by atoms with E-state index in [0.29, 0.717) is 35.2 Å². The number of ether oxygens (including phenoxy) is 2. The van der Waals surface area contributed by atoms with E-state index in [2.05, 4.69) is 22.9 Å². The Hall–Kier alpha value is -2.31. The van der Waals surface area contributed by atoms with Crippen LogP contribution in [0.25, 0.3) is 0 Å². The molecule has 29 heavy (non-hydrogen) atoms. The fourth-order valence-corrected chi connectivity index (χ4v) is 3.85. The molecule has 6 nitrogen and oxygen atoms in total. The molecule has 7 heteroatoms. The van der Waals surface area contributed by atoms with Crippen LogP contribution in [0.4, 0.5) is 0 Å². The SMILES string of the molecule is CCCOc1c(Cl)cc(C(=O)N2CCN(Cc3cccnc3)C[C@H]2C)cc1OC. The summed E-state index contributed by atoms with van der Waals surface area (Å²) in [7, 11) is 1.55. The summed E-state index contributed by atoms with van der Waals surface area (Å²) in [6.45, 7) is 7.76. The molecule has 0 saturated carbocycles. The molecule has 1 fully saturated rings. The minimum Gasteiger partial charge on any atom is -0.493 e. The number of nitrogens with zero attached hydrogens (tertiary/aromatic N) is 3. The molecular weight excluding hydrogens is 390 g/mol. The van der Waals surface area contributed by atoms with Gasteiger partial charge in [0.15, 0.2) is 11.5 Å². The zero-order valence-corrected chi connectivity index (χ0v) is 18.0. The van der Waals surface area contributed by atoms with Gasteiger partial charge in [-0.25, -0.2) is 0 Å². The van der Waals surface area contributed by atoms with Gasteiger partial charge in [0.2, 0.25) is 0 Å². The zero-order chi connectivity index (χ0) is 20.8. The van der Waals surface area contributed by atoms with Crippen LogP contribution in [-0.4, -0.2) is 60.1 Å². The average molecular weight is 418 g/mol. The first-order chi connectivity index (χ1) is 14.0. The second-order valence-electron chi connectivity index (χ2n) is 7.28. The summed E-state index contributed by atoms with van der Waals surface area (Å²) in [5.41, 5.74) is 1.70. The highest BCUT2D eigenvalue weighted by Gasteiger charge is 2.29. The molecule has 0 bridgehead atoms. The quantitative estimate of drug-likeness (QED) is 0.684. The van der Waals surface area contributed by atoms with Gasteiger partial charge in [0.25, 0.3) is 5.91 Å². The lowest BCUT2D eigenvalue weighted by atomic mass is 10.1. The number of aromatic nitrogens is 1. The monoisotopic (exact) mass is 417 g/mol. The van der Waals surface area contributed by atoms with E-state index in [0.717, 1.165) is 26.1 Å². The molecule has 156 valence electrons. The third-order valence-electron chi connectivity index (χ3n) is 5.03. The van der Waals surface area contributed by atoms with Crippen LogP contribution >= 0.6 is 11.6 Å². The molecule has 0 unspecified atom stereocenters. The number of methoxy groups -OCH3 is 1. The molecular formula is C22H28ClN3O3. The summed E-state index contributed by atoms with van der Waals surface area (Å²) in [5.74, 6) is 0.930. The van der Waals surface area contributed by atoms with Crippen LogP contribution in [0.5, 0.6) is 11.5 Å². The van der Waals surface area contributed by atoms with Gasteiger partial charge in [0.05, 0.1) is 18.7 Å². The van der Waals surface area contributed by atoms with Gasteiger partial charge in [-0.1, -0.05) is 24.6 Å². The van der Waals surface area contributed by atoms with Crippen LogP contribution in [0.3, 0.4) is 0 Å². The predicted molar refractivity (Wildman–Crippen MR) is 114 cm³/mol. The van der Waals surface area contributed by atoms with E-state index in [4.69, 9.17) is 21.1 Å². The Morgan fingerprint density at radius 1 is 1.34 bits per heavy atom. The molecule has 2 aromatic rings. The second-order valence-corrected chi connectivity index (χ2v) is 7.69. The zero-order valence-electron chi connectivity index (χ0n) is 17.2. The minimum absolute atomic E-state index is 0.0410. The smallest absolute Gasteiger partial charge is 0.254 e. The van der Waals surface area contributed by atoms with Gasteiger partial charge in [0, 0.05) is 50.2 Å². The summed E-state index contributed by atoms with van der Waals surface area (Å²) in [6.07, 6.45) is 4.53. The largest absolute Gasteiger partial charge is 0.493 e. The van der Waals surface area contributed by atoms with Crippen molar-refractivity contribution in [3.05, 3.63) is 52.8 Å². The Balaban J connectivity index is 1.69. The lowest BCUT2D eigenvalue weighted by Gasteiger charge is -2.40. The van der Waals surface area contributed by atoms with Crippen molar-refractivity contribution >= 4 is 17.5 Å². The van der Waals surface area contributed by atoms with E-state index in [9.17, 15) is 4.79 Å². The number of piperazine rings is 1. The fraction of sp³-hybridized carbons (Fsp3) is 0.455. The van der Waals surface area contributed by atoms with E-state index < -0.39 is 0 Å². The molecule has 0 radical (unpaired) electrons. The van der Waals surface area contributed by atoms with Gasteiger partial charge in [-0.3, -0.25) is 14.7 Å². The van der Waals surface area contributed by atoms with Crippen LogP contribution in [0.2, 0.25) is 5.02 Å². The van der Waals surface area contributed by atoms with Crippen LogP contribution in [0, 0.1) is 0 Å². The van der Waals surface area contributed by atoms with Gasteiger partial charge in [-0.05, 0) is 37.1 Å². The van der Waals surface area contributed by atoms with Crippen LogP contribution < -0.4 is 9.47 Å². The number of carbonyl (C=O) groups is 1. The fourth-order valence-electron chi connectivity index (χ4n) is 3.58. The Labute approximate surface area is 177 Å². The van der Waals surface area contributed by atoms with E-state index >= 15 is 0 Å². The van der Waals surface area contributed by atoms with E-state index in [1.54, 1.807) is 25.4 Å². The van der Waals surface area contributed by atoms with Crippen molar-refractivity contribution in [2.24, 2.45) is 0 Å². The standard InChI is InChI=1S/C22H28ClN3O3/c1-4-10-29-21-19(23)11-18(12-20(21)28-3)22(27)26-9-8-25(14-16(26)2)15-17-6-5-7-24-13-17/h5-7,11-13,16H,4,8-10,14-15H2,1-3H3/t16-/m1/s1. The molecule has 1 atom stereocenters. The van der Waals surface area contributed by atoms with Crippen LogP contribution in [0.15, 0.2) is 36.7 Å². The van der Waals surface area contributed by atoms with Crippen molar-refractivity contribution in [1.82, 2.24) is 14.8 Å². The number of hydrogen-bond acceptors (Lipinski definition) is 5. The molecule has 0 spiro atoms. The third-order valence-corrected chi connectivity index (χ3v) is 5.31. The topological polar surface area (TPSA) is 54.9 Å². The van der Waals surface area contributed by atoms with E-state index in [-0.39, 0.29) is 11.9 Å². The van der Waals surface area contributed by atoms with Gasteiger partial charge in [-0.2, -0.15) is 0 Å². The highest BCUT2D eigenvalue weighted by atomic mass is 35.5. The number of amides is 1. The molecule has 0 N–H and O–H groups in total. The van der Waals surface area contributed by atoms with Crippen molar-refractivity contribution in [2.75, 3.05) is 33.4 Å². The molecule has 1 aromatic heterocycles. The summed E-state index contributed by atoms with van der Waals surface area (Å²) in [6, 6.07) is 7.50. The maximum absolute atomic E-state index is 13.2. The van der Waals surface area contributed by atoms with Crippen molar-refractivity contribution in [3.63, 3.8) is 0 Å². The third kappa shape index (κ3) is 5.19. The van der Waals surface area contributed by atoms with Gasteiger partial charge in [-0.15, -0.1) is 0 Å². The van der Waals surface area contributed by atoms with Crippen molar-refractivity contribution in [3.8, 4) is 11.5 Å². The lowest BCUT2D eigenvalue weighted by Crippen LogP contribution is -2.53. The number of rotatable bonds is 7. The number of pyridine rings is 1. The van der Waals surface area contributed by atoms with Crippen molar-refractivity contribution in [1.29, 1.82) is 0 Å². The van der Waals surface area contributed by atoms with Crippen molar-refractivity contribution in [2.45, 2.75) is 32.9 Å². The van der Waals surface area contributed by atoms with Gasteiger partial charge >= 0.3 is 0 Å². The van der Waals surface area contributed by atoms with Crippen LogP contribution in [0.1, 0.15) is 36.2 Å². The highest BCUT2D eigenvalue weighted by Crippen LogP contribution is 2.37. The van der Waals surface area contributed by atoms with Crippen LogP contribution in [-0.2, 0) is 6.54 Å². The molecule has 0 aliphatic carbocycles. The van der Waals surface area contributed by atoms with Gasteiger partial charge < -0.3 is 14.4 Å². The Morgan fingerprint density at radius 3 is 2.83 bits per heavy atom. The highest BCUT2D eigenvalue weighted by molar-refractivity contribution is 6.32. The number of carbonyl (C=O) groups excluding carboxylic acids is 1. The Kier molecular flexibility index (Phi) is 7.34. The molecule has 2 heterocycles. The first-order valence-electron chi connectivity index (χ1n) is 9.96. The maximum atomic E-state index is 13.2. The summed E-state index contributed by atoms with van der Waals surface area (Å²) in [5, 5.41) is 0.393. The van der Waals surface area contributed by atoms with Gasteiger partial charge in [0.1, 0.15) is 0 Å². The molecule has 1 aromatic carbocycles. The Morgan fingerprint density at radius 2 is 2.17 bits per heavy atom. The second kappa shape index (κ2) is 9.94. The first-order valence-corrected chi connectivity index (χ1v) is 10.3. The Bertz CT molecular complexity index is 832. The summed E-state index contributed by atoms with van der Waals surface area (Å²) < 4.78 is 11.1. The summed E-state index contributed by atoms with van der Waals surface area (Å²) >= 11 is 6.39. The number of benzene rings is 1.